The third kappa shape index (κ3) is 5.10. The number of rotatable bonds is 7. The summed E-state index contributed by atoms with van der Waals surface area (Å²) in [5.41, 5.74) is 1.06. The molecule has 6 heteroatoms. The summed E-state index contributed by atoms with van der Waals surface area (Å²) in [7, 11) is 0. The Morgan fingerprint density at radius 2 is 2.05 bits per heavy atom. The van der Waals surface area contributed by atoms with Gasteiger partial charge >= 0.3 is 0 Å². The number of aromatic nitrogens is 2. The van der Waals surface area contributed by atoms with Crippen LogP contribution < -0.4 is 15.4 Å². The predicted molar refractivity (Wildman–Crippen MR) is 80.0 cm³/mol. The maximum atomic E-state index is 11.7. The van der Waals surface area contributed by atoms with E-state index in [4.69, 9.17) is 4.74 Å². The van der Waals surface area contributed by atoms with Crippen molar-refractivity contribution in [3.05, 3.63) is 48.2 Å². The highest BCUT2D eigenvalue weighted by Gasteiger charge is 2.04. The highest BCUT2D eigenvalue weighted by atomic mass is 16.5. The van der Waals surface area contributed by atoms with Crippen molar-refractivity contribution < 1.29 is 9.53 Å². The molecule has 0 atom stereocenters. The number of benzene rings is 1. The molecule has 0 spiro atoms. The summed E-state index contributed by atoms with van der Waals surface area (Å²) in [5.74, 6) is 0.736. The van der Waals surface area contributed by atoms with E-state index in [0.717, 1.165) is 5.56 Å². The molecule has 21 heavy (non-hydrogen) atoms. The van der Waals surface area contributed by atoms with Crippen molar-refractivity contribution in [3.63, 3.8) is 0 Å². The van der Waals surface area contributed by atoms with Crippen molar-refractivity contribution in [1.29, 1.82) is 0 Å². The Hall–Kier alpha value is -2.63. The molecule has 0 aliphatic carbocycles. The van der Waals surface area contributed by atoms with Crippen LogP contribution in [-0.2, 0) is 11.3 Å². The second-order valence-electron chi connectivity index (χ2n) is 4.27. The molecule has 1 amide bonds. The quantitative estimate of drug-likeness (QED) is 0.808. The van der Waals surface area contributed by atoms with Crippen LogP contribution in [0.25, 0.3) is 0 Å². The lowest BCUT2D eigenvalue weighted by molar-refractivity contribution is -0.119. The molecule has 110 valence electrons. The molecule has 0 unspecified atom stereocenters. The van der Waals surface area contributed by atoms with Gasteiger partial charge in [-0.15, -0.1) is 0 Å². The number of hydrogen-bond donors (Lipinski definition) is 2. The van der Waals surface area contributed by atoms with Crippen molar-refractivity contribution in [3.8, 4) is 5.88 Å². The van der Waals surface area contributed by atoms with E-state index < -0.39 is 0 Å². The van der Waals surface area contributed by atoms with Crippen LogP contribution in [0.15, 0.2) is 42.6 Å². The number of hydrogen-bond acceptors (Lipinski definition) is 5. The van der Waals surface area contributed by atoms with E-state index in [9.17, 15) is 4.79 Å². The maximum Gasteiger partial charge on any atom is 0.239 e. The Bertz CT molecular complexity index is 575. The number of carbonyl (C=O) groups excluding carboxylic acids is 1. The number of nitrogens with one attached hydrogen (secondary N) is 2. The second kappa shape index (κ2) is 7.84. The van der Waals surface area contributed by atoms with Gasteiger partial charge in [0, 0.05) is 18.8 Å². The lowest BCUT2D eigenvalue weighted by Gasteiger charge is -2.08. The minimum Gasteiger partial charge on any atom is -0.478 e. The lowest BCUT2D eigenvalue weighted by atomic mass is 10.2. The smallest absolute Gasteiger partial charge is 0.239 e. The molecule has 0 fully saturated rings. The van der Waals surface area contributed by atoms with Crippen LogP contribution >= 0.6 is 0 Å². The van der Waals surface area contributed by atoms with Crippen LogP contribution in [0.5, 0.6) is 5.88 Å². The van der Waals surface area contributed by atoms with Crippen LogP contribution in [0.3, 0.4) is 0 Å². The summed E-state index contributed by atoms with van der Waals surface area (Å²) in [6.07, 6.45) is 1.59. The fraction of sp³-hybridized carbons (Fsp3) is 0.267. The van der Waals surface area contributed by atoms with Gasteiger partial charge in [-0.05, 0) is 12.5 Å². The van der Waals surface area contributed by atoms with Crippen LogP contribution in [0, 0.1) is 0 Å². The van der Waals surface area contributed by atoms with Crippen molar-refractivity contribution in [2.45, 2.75) is 13.5 Å². The van der Waals surface area contributed by atoms with Gasteiger partial charge in [0.05, 0.1) is 13.2 Å². The molecule has 2 aromatic rings. The first-order valence-corrected chi connectivity index (χ1v) is 6.78. The van der Waals surface area contributed by atoms with Crippen molar-refractivity contribution >= 4 is 11.9 Å². The van der Waals surface area contributed by atoms with Gasteiger partial charge in [0.1, 0.15) is 0 Å². The van der Waals surface area contributed by atoms with Crippen LogP contribution in [0.1, 0.15) is 12.5 Å². The lowest BCUT2D eigenvalue weighted by Crippen LogP contribution is -2.29. The Balaban J connectivity index is 1.77. The number of amides is 1. The fourth-order valence-corrected chi connectivity index (χ4v) is 1.67. The van der Waals surface area contributed by atoms with Crippen molar-refractivity contribution in [2.24, 2.45) is 0 Å². The molecule has 1 aromatic carbocycles. The van der Waals surface area contributed by atoms with E-state index in [1.54, 1.807) is 12.3 Å². The zero-order valence-electron chi connectivity index (χ0n) is 11.9. The zero-order chi connectivity index (χ0) is 14.9. The topological polar surface area (TPSA) is 76.1 Å². The molecule has 1 aromatic heterocycles. The normalized spacial score (nSPS) is 9.95. The number of anilines is 1. The van der Waals surface area contributed by atoms with Crippen LogP contribution in [0.4, 0.5) is 5.95 Å². The Morgan fingerprint density at radius 3 is 2.81 bits per heavy atom. The standard InChI is InChI=1S/C15H18N4O2/c1-2-21-14-8-9-16-15(19-14)18-11-13(20)17-10-12-6-4-3-5-7-12/h3-9H,2,10-11H2,1H3,(H,17,20)(H,16,18,19). The van der Waals surface area contributed by atoms with Gasteiger partial charge in [0.25, 0.3) is 0 Å². The first kappa shape index (κ1) is 14.8. The third-order valence-electron chi connectivity index (χ3n) is 2.66. The van der Waals surface area contributed by atoms with Gasteiger partial charge in [0.15, 0.2) is 0 Å². The molecule has 6 nitrogen and oxygen atoms in total. The van der Waals surface area contributed by atoms with Crippen LogP contribution in [0.2, 0.25) is 0 Å². The monoisotopic (exact) mass is 286 g/mol. The van der Waals surface area contributed by atoms with E-state index in [2.05, 4.69) is 20.6 Å². The maximum absolute atomic E-state index is 11.7. The highest BCUT2D eigenvalue weighted by Crippen LogP contribution is 2.07. The number of nitrogens with zero attached hydrogens (tertiary/aromatic N) is 2. The summed E-state index contributed by atoms with van der Waals surface area (Å²) in [6, 6.07) is 11.4. The van der Waals surface area contributed by atoms with Crippen molar-refractivity contribution in [1.82, 2.24) is 15.3 Å². The van der Waals surface area contributed by atoms with Gasteiger partial charge in [-0.2, -0.15) is 4.98 Å². The summed E-state index contributed by atoms with van der Waals surface area (Å²) in [5, 5.41) is 5.69. The first-order valence-electron chi connectivity index (χ1n) is 6.78. The minimum absolute atomic E-state index is 0.114. The summed E-state index contributed by atoms with van der Waals surface area (Å²) in [6.45, 7) is 3.03. The Kier molecular flexibility index (Phi) is 5.51. The van der Waals surface area contributed by atoms with Crippen LogP contribution in [-0.4, -0.2) is 29.0 Å². The average Bonchev–Trinajstić information content (AvgIpc) is 2.53. The van der Waals surface area contributed by atoms with Crippen molar-refractivity contribution in [2.75, 3.05) is 18.5 Å². The molecule has 0 aliphatic rings. The molecule has 0 saturated heterocycles. The minimum atomic E-state index is -0.121. The molecular weight excluding hydrogens is 268 g/mol. The summed E-state index contributed by atoms with van der Waals surface area (Å²) < 4.78 is 5.27. The molecule has 0 bridgehead atoms. The highest BCUT2D eigenvalue weighted by molar-refractivity contribution is 5.80. The van der Waals surface area contributed by atoms with E-state index in [-0.39, 0.29) is 12.5 Å². The fourth-order valence-electron chi connectivity index (χ4n) is 1.67. The largest absolute Gasteiger partial charge is 0.478 e. The molecular formula is C15H18N4O2. The van der Waals surface area contributed by atoms with Gasteiger partial charge in [-0.25, -0.2) is 4.98 Å². The average molecular weight is 286 g/mol. The molecule has 2 rings (SSSR count). The molecule has 0 radical (unpaired) electrons. The van der Waals surface area contributed by atoms with E-state index in [1.165, 1.54) is 0 Å². The van der Waals surface area contributed by atoms with Gasteiger partial charge in [0.2, 0.25) is 17.7 Å². The summed E-state index contributed by atoms with van der Waals surface area (Å²) >= 11 is 0. The Morgan fingerprint density at radius 1 is 1.24 bits per heavy atom. The second-order valence-corrected chi connectivity index (χ2v) is 4.27. The van der Waals surface area contributed by atoms with E-state index in [0.29, 0.717) is 25.0 Å². The number of ether oxygens (including phenoxy) is 1. The zero-order valence-corrected chi connectivity index (χ0v) is 11.9. The molecule has 0 aliphatic heterocycles. The third-order valence-corrected chi connectivity index (χ3v) is 2.66. The van der Waals surface area contributed by atoms with Gasteiger partial charge in [-0.1, -0.05) is 30.3 Å². The summed E-state index contributed by atoms with van der Waals surface area (Å²) in [4.78, 5) is 19.9. The SMILES string of the molecule is CCOc1ccnc(NCC(=O)NCc2ccccc2)n1. The first-order chi connectivity index (χ1) is 10.3. The predicted octanol–water partition coefficient (Wildman–Crippen LogP) is 1.60. The molecule has 1 heterocycles. The van der Waals surface area contributed by atoms with E-state index in [1.807, 2.05) is 37.3 Å². The molecule has 0 saturated carbocycles. The van der Waals surface area contributed by atoms with Gasteiger partial charge < -0.3 is 15.4 Å². The molecule has 2 N–H and O–H groups in total. The number of carbonyl (C=O) groups is 1. The Labute approximate surface area is 123 Å². The van der Waals surface area contributed by atoms with Gasteiger partial charge in [-0.3, -0.25) is 4.79 Å². The van der Waals surface area contributed by atoms with E-state index >= 15 is 0 Å².